The molecule has 0 aromatic heterocycles. The molecule has 0 aromatic carbocycles. The number of aliphatic hydroxyl groups is 1. The molecule has 1 fully saturated rings. The third-order valence-corrected chi connectivity index (χ3v) is 3.17. The lowest BCUT2D eigenvalue weighted by Crippen LogP contribution is -2.30. The highest BCUT2D eigenvalue weighted by Crippen LogP contribution is 2.46. The van der Waals surface area contributed by atoms with Gasteiger partial charge in [-0.3, -0.25) is 0 Å². The fourth-order valence-corrected chi connectivity index (χ4v) is 2.19. The van der Waals surface area contributed by atoms with Crippen molar-refractivity contribution >= 4 is 0 Å². The maximum absolute atomic E-state index is 9.78. The predicted molar refractivity (Wildman–Crippen MR) is 47.3 cm³/mol. The lowest BCUT2D eigenvalue weighted by atomic mass is 9.80. The van der Waals surface area contributed by atoms with Crippen molar-refractivity contribution in [1.29, 1.82) is 0 Å². The van der Waals surface area contributed by atoms with E-state index in [-0.39, 0.29) is 11.5 Å². The molecule has 1 rings (SSSR count). The minimum absolute atomic E-state index is 0.0289. The normalized spacial score (nSPS) is 42.4. The van der Waals surface area contributed by atoms with Crippen molar-refractivity contribution in [3.8, 4) is 0 Å². The van der Waals surface area contributed by atoms with Crippen LogP contribution in [-0.4, -0.2) is 11.2 Å². The van der Waals surface area contributed by atoms with Crippen molar-refractivity contribution in [1.82, 2.24) is 0 Å². The quantitative estimate of drug-likeness (QED) is 0.574. The molecule has 1 saturated carbocycles. The van der Waals surface area contributed by atoms with Gasteiger partial charge < -0.3 is 5.11 Å². The van der Waals surface area contributed by atoms with Crippen molar-refractivity contribution in [2.45, 2.75) is 33.3 Å². The summed E-state index contributed by atoms with van der Waals surface area (Å²) in [7, 11) is 0. The van der Waals surface area contributed by atoms with Crippen LogP contribution in [0.2, 0.25) is 0 Å². The molecule has 1 nitrogen and oxygen atoms in total. The van der Waals surface area contributed by atoms with E-state index in [2.05, 4.69) is 27.4 Å². The first-order chi connectivity index (χ1) is 5.00. The summed E-state index contributed by atoms with van der Waals surface area (Å²) in [6, 6.07) is 0. The summed E-state index contributed by atoms with van der Waals surface area (Å²) in [6.07, 6.45) is 2.90. The molecule has 0 aliphatic heterocycles. The molecule has 64 valence electrons. The predicted octanol–water partition coefficient (Wildman–Crippen LogP) is 2.22. The fourth-order valence-electron chi connectivity index (χ4n) is 2.19. The molecule has 0 saturated heterocycles. The van der Waals surface area contributed by atoms with E-state index < -0.39 is 0 Å². The molecule has 1 unspecified atom stereocenters. The summed E-state index contributed by atoms with van der Waals surface area (Å²) >= 11 is 0. The Bertz CT molecular complexity index is 160. The van der Waals surface area contributed by atoms with Crippen molar-refractivity contribution in [2.75, 3.05) is 0 Å². The topological polar surface area (TPSA) is 20.2 Å². The molecule has 1 N–H and O–H groups in total. The van der Waals surface area contributed by atoms with Gasteiger partial charge in [-0.15, -0.1) is 6.58 Å². The summed E-state index contributed by atoms with van der Waals surface area (Å²) in [5.74, 6) is 0.903. The first kappa shape index (κ1) is 8.79. The zero-order chi connectivity index (χ0) is 8.65. The average Bonchev–Trinajstić information content (AvgIpc) is 2.13. The summed E-state index contributed by atoms with van der Waals surface area (Å²) < 4.78 is 0. The second-order valence-electron chi connectivity index (χ2n) is 4.32. The molecule has 0 aromatic rings. The van der Waals surface area contributed by atoms with Crippen LogP contribution in [0.1, 0.15) is 27.2 Å². The molecule has 1 aliphatic rings. The van der Waals surface area contributed by atoms with Crippen LogP contribution in [0, 0.1) is 17.3 Å². The molecule has 0 amide bonds. The Morgan fingerprint density at radius 3 is 2.27 bits per heavy atom. The number of hydrogen-bond donors (Lipinski definition) is 1. The Morgan fingerprint density at radius 1 is 1.55 bits per heavy atom. The molecule has 0 heterocycles. The van der Waals surface area contributed by atoms with E-state index in [9.17, 15) is 5.11 Å². The van der Waals surface area contributed by atoms with Crippen molar-refractivity contribution in [3.63, 3.8) is 0 Å². The summed E-state index contributed by atoms with van der Waals surface area (Å²) in [5, 5.41) is 9.78. The number of rotatable bonds is 1. The van der Waals surface area contributed by atoms with E-state index in [1.165, 1.54) is 0 Å². The summed E-state index contributed by atoms with van der Waals surface area (Å²) in [6.45, 7) is 10.1. The first-order valence-electron chi connectivity index (χ1n) is 4.30. The van der Waals surface area contributed by atoms with Gasteiger partial charge in [0.15, 0.2) is 0 Å². The minimum atomic E-state index is -0.162. The zero-order valence-corrected chi connectivity index (χ0v) is 7.67. The van der Waals surface area contributed by atoms with E-state index in [0.717, 1.165) is 6.42 Å². The lowest BCUT2D eigenvalue weighted by Gasteiger charge is -2.28. The van der Waals surface area contributed by atoms with Crippen LogP contribution in [0.4, 0.5) is 0 Å². The van der Waals surface area contributed by atoms with E-state index in [0.29, 0.717) is 11.8 Å². The van der Waals surface area contributed by atoms with Crippen LogP contribution in [0.3, 0.4) is 0 Å². The van der Waals surface area contributed by atoms with Crippen LogP contribution in [-0.2, 0) is 0 Å². The molecular formula is C10H18O. The third-order valence-electron chi connectivity index (χ3n) is 3.17. The Balaban J connectivity index is 2.81. The van der Waals surface area contributed by atoms with Crippen LogP contribution in [0.15, 0.2) is 12.7 Å². The van der Waals surface area contributed by atoms with E-state index in [4.69, 9.17) is 0 Å². The fraction of sp³-hybridized carbons (Fsp3) is 0.800. The van der Waals surface area contributed by atoms with Gasteiger partial charge in [-0.25, -0.2) is 0 Å². The van der Waals surface area contributed by atoms with Crippen molar-refractivity contribution < 1.29 is 5.11 Å². The Morgan fingerprint density at radius 2 is 2.09 bits per heavy atom. The third kappa shape index (κ3) is 1.22. The minimum Gasteiger partial charge on any atom is -0.392 e. The van der Waals surface area contributed by atoms with Gasteiger partial charge in [0.25, 0.3) is 0 Å². The lowest BCUT2D eigenvalue weighted by molar-refractivity contribution is 0.0412. The monoisotopic (exact) mass is 154 g/mol. The summed E-state index contributed by atoms with van der Waals surface area (Å²) in [4.78, 5) is 0. The van der Waals surface area contributed by atoms with E-state index in [1.807, 2.05) is 6.08 Å². The number of aliphatic hydroxyl groups excluding tert-OH is 1. The van der Waals surface area contributed by atoms with Crippen LogP contribution in [0.25, 0.3) is 0 Å². The smallest absolute Gasteiger partial charge is 0.0622 e. The van der Waals surface area contributed by atoms with Gasteiger partial charge in [0.05, 0.1) is 6.10 Å². The largest absolute Gasteiger partial charge is 0.392 e. The standard InChI is InChI=1S/C10H18O/c1-5-8-6-7(2)9(11)10(8,3)4/h5,7-9,11H,1,6H2,2-4H3/t7-,8-,9?/m1/s1. The molecule has 3 atom stereocenters. The molecule has 0 bridgehead atoms. The van der Waals surface area contributed by atoms with E-state index in [1.54, 1.807) is 0 Å². The Kier molecular flexibility index (Phi) is 2.10. The van der Waals surface area contributed by atoms with Gasteiger partial charge in [0.2, 0.25) is 0 Å². The van der Waals surface area contributed by atoms with Gasteiger partial charge in [-0.05, 0) is 23.7 Å². The van der Waals surface area contributed by atoms with Crippen LogP contribution >= 0.6 is 0 Å². The van der Waals surface area contributed by atoms with Crippen molar-refractivity contribution in [2.24, 2.45) is 17.3 Å². The number of allylic oxidation sites excluding steroid dienone is 1. The van der Waals surface area contributed by atoms with Gasteiger partial charge in [0.1, 0.15) is 0 Å². The molecule has 0 radical (unpaired) electrons. The number of hydrogen-bond acceptors (Lipinski definition) is 1. The maximum Gasteiger partial charge on any atom is 0.0622 e. The Hall–Kier alpha value is -0.300. The zero-order valence-electron chi connectivity index (χ0n) is 7.67. The summed E-state index contributed by atoms with van der Waals surface area (Å²) in [5.41, 5.74) is 0.0289. The van der Waals surface area contributed by atoms with Gasteiger partial charge in [0, 0.05) is 0 Å². The first-order valence-corrected chi connectivity index (χ1v) is 4.30. The van der Waals surface area contributed by atoms with Crippen LogP contribution < -0.4 is 0 Å². The average molecular weight is 154 g/mol. The van der Waals surface area contributed by atoms with Crippen LogP contribution in [0.5, 0.6) is 0 Å². The second kappa shape index (κ2) is 2.63. The van der Waals surface area contributed by atoms with Crippen molar-refractivity contribution in [3.05, 3.63) is 12.7 Å². The molecule has 0 spiro atoms. The molecular weight excluding hydrogens is 136 g/mol. The second-order valence-corrected chi connectivity index (χ2v) is 4.32. The van der Waals surface area contributed by atoms with E-state index >= 15 is 0 Å². The van der Waals surface area contributed by atoms with Gasteiger partial charge in [-0.1, -0.05) is 26.8 Å². The SMILES string of the molecule is C=C[C@@H]1C[C@@H](C)C(O)C1(C)C. The molecule has 11 heavy (non-hydrogen) atoms. The Labute approximate surface area is 69.1 Å². The van der Waals surface area contributed by atoms with Gasteiger partial charge >= 0.3 is 0 Å². The highest BCUT2D eigenvalue weighted by Gasteiger charge is 2.44. The highest BCUT2D eigenvalue weighted by molar-refractivity contribution is 5.02. The molecule has 1 aliphatic carbocycles. The highest BCUT2D eigenvalue weighted by atomic mass is 16.3. The maximum atomic E-state index is 9.78. The van der Waals surface area contributed by atoms with Gasteiger partial charge in [-0.2, -0.15) is 0 Å². The molecule has 1 heteroatoms.